The summed E-state index contributed by atoms with van der Waals surface area (Å²) in [7, 11) is 2.04. The molecule has 2 amide bonds. The van der Waals surface area contributed by atoms with Gasteiger partial charge in [-0.3, -0.25) is 4.79 Å². The van der Waals surface area contributed by atoms with Gasteiger partial charge in [-0.2, -0.15) is 0 Å². The maximum Gasteiger partial charge on any atom is 0.415 e. The number of nitrogens with zero attached hydrogens (tertiary/aromatic N) is 3. The third kappa shape index (κ3) is 4.76. The number of furan rings is 1. The molecule has 2 N–H and O–H groups in total. The lowest BCUT2D eigenvalue weighted by Crippen LogP contribution is -2.48. The van der Waals surface area contributed by atoms with E-state index >= 15 is 0 Å². The Morgan fingerprint density at radius 1 is 1.02 bits per heavy atom. The van der Waals surface area contributed by atoms with Gasteiger partial charge in [0.2, 0.25) is 0 Å². The fourth-order valence-corrected chi connectivity index (χ4v) is 5.70. The van der Waals surface area contributed by atoms with Gasteiger partial charge in [-0.05, 0) is 48.7 Å². The average Bonchev–Trinajstić information content (AvgIpc) is 3.57. The summed E-state index contributed by atoms with van der Waals surface area (Å²) in [5, 5.41) is 2.64. The first-order chi connectivity index (χ1) is 19.5. The maximum atomic E-state index is 13.9. The molecule has 0 unspecified atom stereocenters. The summed E-state index contributed by atoms with van der Waals surface area (Å²) in [5.74, 6) is 1.29. The number of carbonyl (C=O) groups excluding carboxylic acids is 2. The second-order valence-electron chi connectivity index (χ2n) is 10.5. The number of nitrogens with two attached hydrogens (primary N) is 1. The van der Waals surface area contributed by atoms with Gasteiger partial charge in [0.15, 0.2) is 5.76 Å². The highest BCUT2D eigenvalue weighted by atomic mass is 16.6. The molecule has 9 heteroatoms. The van der Waals surface area contributed by atoms with Gasteiger partial charge >= 0.3 is 6.09 Å². The molecule has 3 aromatic carbocycles. The maximum absolute atomic E-state index is 13.9. The number of anilines is 1. The van der Waals surface area contributed by atoms with Crippen LogP contribution in [0.3, 0.4) is 0 Å². The van der Waals surface area contributed by atoms with E-state index in [9.17, 15) is 9.59 Å². The van der Waals surface area contributed by atoms with Crippen molar-refractivity contribution in [1.29, 1.82) is 0 Å². The Morgan fingerprint density at radius 2 is 1.80 bits per heavy atom. The van der Waals surface area contributed by atoms with Crippen molar-refractivity contribution in [2.24, 2.45) is 5.73 Å². The van der Waals surface area contributed by atoms with Crippen LogP contribution in [-0.4, -0.2) is 74.7 Å². The first-order valence-corrected chi connectivity index (χ1v) is 13.9. The zero-order valence-electron chi connectivity index (χ0n) is 22.9. The lowest BCUT2D eigenvalue weighted by Gasteiger charge is -2.31. The molecule has 3 heterocycles. The Hall–Kier alpha value is -4.08. The molecule has 0 spiro atoms. The van der Waals surface area contributed by atoms with Crippen molar-refractivity contribution in [3.05, 3.63) is 65.9 Å². The van der Waals surface area contributed by atoms with Crippen molar-refractivity contribution in [3.63, 3.8) is 0 Å². The van der Waals surface area contributed by atoms with Gasteiger partial charge in [0.1, 0.15) is 23.7 Å². The number of likely N-dealkylation sites (N-methyl/N-ethyl adjacent to an activating group) is 1. The standard InChI is InChI=1S/C31H34N4O5/c1-3-20-19-35(30(36)28-17-21-16-22(38-15-10-32)8-9-26(21)39-28)25-18-27(23-6-4-5-7-24(23)29(20)25)40-31(37)34-13-11-33(2)12-14-34/h4-9,16-18,20H,3,10-15,19,32H2,1-2H3/t20-/m1/s1. The van der Waals surface area contributed by atoms with Crippen LogP contribution in [0.4, 0.5) is 10.5 Å². The van der Waals surface area contributed by atoms with Crippen LogP contribution < -0.4 is 20.1 Å². The number of carbonyl (C=O) groups is 2. The lowest BCUT2D eigenvalue weighted by atomic mass is 9.93. The van der Waals surface area contributed by atoms with E-state index in [1.165, 1.54) is 0 Å². The molecule has 1 saturated heterocycles. The third-order valence-electron chi connectivity index (χ3n) is 7.91. The fourth-order valence-electron chi connectivity index (χ4n) is 5.70. The Kier molecular flexibility index (Phi) is 7.08. The zero-order valence-corrected chi connectivity index (χ0v) is 22.9. The normalized spacial score (nSPS) is 17.4. The molecule has 40 heavy (non-hydrogen) atoms. The minimum absolute atomic E-state index is 0.145. The van der Waals surface area contributed by atoms with Gasteiger partial charge in [0.25, 0.3) is 5.91 Å². The van der Waals surface area contributed by atoms with Gasteiger partial charge in [-0.15, -0.1) is 0 Å². The molecule has 1 fully saturated rings. The fraction of sp³-hybridized carbons (Fsp3) is 0.355. The van der Waals surface area contributed by atoms with E-state index in [2.05, 4.69) is 11.8 Å². The molecule has 6 rings (SSSR count). The predicted molar refractivity (Wildman–Crippen MR) is 155 cm³/mol. The van der Waals surface area contributed by atoms with E-state index in [-0.39, 0.29) is 23.7 Å². The molecular formula is C31H34N4O5. The lowest BCUT2D eigenvalue weighted by molar-refractivity contribution is 0.0963. The van der Waals surface area contributed by atoms with Gasteiger partial charge in [0, 0.05) is 62.0 Å². The molecule has 0 aliphatic carbocycles. The smallest absolute Gasteiger partial charge is 0.415 e. The zero-order chi connectivity index (χ0) is 27.8. The number of ether oxygens (including phenoxy) is 2. The van der Waals surface area contributed by atoms with Crippen molar-refractivity contribution < 1.29 is 23.5 Å². The Bertz CT molecular complexity index is 1570. The van der Waals surface area contributed by atoms with Crippen molar-refractivity contribution in [3.8, 4) is 11.5 Å². The Morgan fingerprint density at radius 3 is 2.55 bits per heavy atom. The quantitative estimate of drug-likeness (QED) is 0.373. The van der Waals surface area contributed by atoms with Crippen molar-refractivity contribution in [2.45, 2.75) is 19.3 Å². The highest BCUT2D eigenvalue weighted by molar-refractivity contribution is 6.10. The molecule has 2 aliphatic heterocycles. The van der Waals surface area contributed by atoms with Crippen LogP contribution in [0.5, 0.6) is 11.5 Å². The summed E-state index contributed by atoms with van der Waals surface area (Å²) in [5.41, 5.74) is 8.01. The number of piperazine rings is 1. The number of fused-ring (bicyclic) bond motifs is 4. The average molecular weight is 543 g/mol. The molecule has 1 atom stereocenters. The van der Waals surface area contributed by atoms with E-state index in [4.69, 9.17) is 19.6 Å². The van der Waals surface area contributed by atoms with Crippen molar-refractivity contribution in [2.75, 3.05) is 57.8 Å². The number of benzene rings is 3. The molecule has 208 valence electrons. The minimum Gasteiger partial charge on any atom is -0.492 e. The van der Waals surface area contributed by atoms with Crippen molar-refractivity contribution in [1.82, 2.24) is 9.80 Å². The second kappa shape index (κ2) is 10.8. The van der Waals surface area contributed by atoms with E-state index in [0.29, 0.717) is 49.9 Å². The highest BCUT2D eigenvalue weighted by Gasteiger charge is 2.36. The molecular weight excluding hydrogens is 508 g/mol. The van der Waals surface area contributed by atoms with Gasteiger partial charge in [0.05, 0.1) is 5.69 Å². The molecule has 4 aromatic rings. The molecule has 2 aliphatic rings. The Balaban J connectivity index is 1.36. The summed E-state index contributed by atoms with van der Waals surface area (Å²) in [6, 6.07) is 17.0. The molecule has 0 bridgehead atoms. The second-order valence-corrected chi connectivity index (χ2v) is 10.5. The number of amides is 2. The van der Waals surface area contributed by atoms with Gasteiger partial charge in [-0.25, -0.2) is 4.79 Å². The van der Waals surface area contributed by atoms with Crippen LogP contribution in [0.2, 0.25) is 0 Å². The number of rotatable bonds is 6. The van der Waals surface area contributed by atoms with Crippen LogP contribution in [0.1, 0.15) is 35.4 Å². The van der Waals surface area contributed by atoms with Crippen LogP contribution in [0.25, 0.3) is 21.7 Å². The summed E-state index contributed by atoms with van der Waals surface area (Å²) in [6.07, 6.45) is 0.495. The molecule has 1 aromatic heterocycles. The highest BCUT2D eigenvalue weighted by Crippen LogP contribution is 2.47. The van der Waals surface area contributed by atoms with Gasteiger partial charge < -0.3 is 34.3 Å². The van der Waals surface area contributed by atoms with Crippen molar-refractivity contribution >= 4 is 39.4 Å². The summed E-state index contributed by atoms with van der Waals surface area (Å²) < 4.78 is 17.6. The predicted octanol–water partition coefficient (Wildman–Crippen LogP) is 4.82. The summed E-state index contributed by atoms with van der Waals surface area (Å²) in [6.45, 7) is 6.32. The molecule has 9 nitrogen and oxygen atoms in total. The van der Waals surface area contributed by atoms with Crippen LogP contribution >= 0.6 is 0 Å². The molecule has 0 radical (unpaired) electrons. The summed E-state index contributed by atoms with van der Waals surface area (Å²) in [4.78, 5) is 32.7. The Labute approximate surface area is 233 Å². The van der Waals surface area contributed by atoms with E-state index in [1.807, 2.05) is 43.4 Å². The molecule has 0 saturated carbocycles. The SMILES string of the molecule is CC[C@@H]1CN(C(=O)c2cc3cc(OCCN)ccc3o2)c2cc(OC(=O)N3CCN(C)CC3)c3ccccc3c21. The minimum atomic E-state index is -0.369. The third-order valence-corrected chi connectivity index (χ3v) is 7.91. The topological polar surface area (TPSA) is 101 Å². The first-order valence-electron chi connectivity index (χ1n) is 13.9. The monoisotopic (exact) mass is 542 g/mol. The van der Waals surface area contributed by atoms with Crippen LogP contribution in [0.15, 0.2) is 59.0 Å². The van der Waals surface area contributed by atoms with Crippen LogP contribution in [-0.2, 0) is 0 Å². The van der Waals surface area contributed by atoms with E-state index in [0.717, 1.165) is 46.9 Å². The first kappa shape index (κ1) is 26.2. The van der Waals surface area contributed by atoms with E-state index < -0.39 is 0 Å². The van der Waals surface area contributed by atoms with E-state index in [1.54, 1.807) is 28.0 Å². The summed E-state index contributed by atoms with van der Waals surface area (Å²) >= 11 is 0. The largest absolute Gasteiger partial charge is 0.492 e. The number of hydrogen-bond acceptors (Lipinski definition) is 7. The van der Waals surface area contributed by atoms with Gasteiger partial charge in [-0.1, -0.05) is 31.2 Å². The number of hydrogen-bond donors (Lipinski definition) is 1. The van der Waals surface area contributed by atoms with Crippen LogP contribution in [0, 0.1) is 0 Å².